The summed E-state index contributed by atoms with van der Waals surface area (Å²) in [4.78, 5) is 36.6. The normalized spacial score (nSPS) is 20.0. The first-order valence-electron chi connectivity index (χ1n) is 8.55. The van der Waals surface area contributed by atoms with E-state index in [1.165, 1.54) is 0 Å². The zero-order valence-corrected chi connectivity index (χ0v) is 14.3. The van der Waals surface area contributed by atoms with Crippen LogP contribution in [0.4, 0.5) is 0 Å². The first kappa shape index (κ1) is 17.2. The van der Waals surface area contributed by atoms with Crippen molar-refractivity contribution in [3.8, 4) is 5.75 Å². The molecule has 0 unspecified atom stereocenters. The molecule has 2 aliphatic rings. The minimum absolute atomic E-state index is 0.0171. The number of nitrogens with one attached hydrogen (secondary N) is 2. The molecule has 6 nitrogen and oxygen atoms in total. The molecular formula is C19H22N2O4. The van der Waals surface area contributed by atoms with Gasteiger partial charge in [-0.25, -0.2) is 0 Å². The smallest absolute Gasteiger partial charge is 0.228 e. The van der Waals surface area contributed by atoms with Crippen molar-refractivity contribution in [3.63, 3.8) is 0 Å². The van der Waals surface area contributed by atoms with Crippen LogP contribution >= 0.6 is 0 Å². The first-order valence-corrected chi connectivity index (χ1v) is 8.55. The summed E-state index contributed by atoms with van der Waals surface area (Å²) in [6.07, 6.45) is 2.55. The van der Waals surface area contributed by atoms with Crippen molar-refractivity contribution >= 4 is 17.6 Å². The van der Waals surface area contributed by atoms with Gasteiger partial charge in [-0.05, 0) is 37.0 Å². The molecule has 0 saturated heterocycles. The highest BCUT2D eigenvalue weighted by Crippen LogP contribution is 2.31. The van der Waals surface area contributed by atoms with Gasteiger partial charge in [0.05, 0.1) is 13.0 Å². The topological polar surface area (TPSA) is 84.5 Å². The molecule has 1 aromatic carbocycles. The lowest BCUT2D eigenvalue weighted by Crippen LogP contribution is -2.44. The third-order valence-electron chi connectivity index (χ3n) is 4.67. The number of allylic oxidation sites excluding steroid dienone is 1. The van der Waals surface area contributed by atoms with Crippen molar-refractivity contribution in [3.05, 3.63) is 41.1 Å². The number of methoxy groups -OCH3 is 1. The number of rotatable bonds is 5. The maximum atomic E-state index is 12.5. The van der Waals surface area contributed by atoms with Gasteiger partial charge < -0.3 is 15.4 Å². The van der Waals surface area contributed by atoms with E-state index in [1.807, 2.05) is 24.3 Å². The Labute approximate surface area is 146 Å². The molecule has 2 amide bonds. The molecule has 0 fully saturated rings. The summed E-state index contributed by atoms with van der Waals surface area (Å²) in [5, 5.41) is 5.62. The van der Waals surface area contributed by atoms with Crippen LogP contribution in [0.15, 0.2) is 35.5 Å². The van der Waals surface area contributed by atoms with Crippen LogP contribution in [0.5, 0.6) is 5.75 Å². The van der Waals surface area contributed by atoms with Crippen molar-refractivity contribution in [2.24, 2.45) is 5.92 Å². The molecule has 6 heteroatoms. The Balaban J connectivity index is 1.61. The zero-order valence-electron chi connectivity index (χ0n) is 14.3. The largest absolute Gasteiger partial charge is 0.497 e. The molecule has 0 bridgehead atoms. The highest BCUT2D eigenvalue weighted by molar-refractivity contribution is 6.06. The van der Waals surface area contributed by atoms with Crippen molar-refractivity contribution in [1.29, 1.82) is 0 Å². The molecule has 132 valence electrons. The van der Waals surface area contributed by atoms with E-state index in [1.54, 1.807) is 7.11 Å². The Morgan fingerprint density at radius 1 is 1.24 bits per heavy atom. The van der Waals surface area contributed by atoms with Gasteiger partial charge in [0.15, 0.2) is 5.78 Å². The molecule has 3 rings (SSSR count). The van der Waals surface area contributed by atoms with Crippen LogP contribution in [0.3, 0.4) is 0 Å². The van der Waals surface area contributed by atoms with E-state index in [0.717, 1.165) is 17.7 Å². The molecule has 2 N–H and O–H groups in total. The maximum absolute atomic E-state index is 12.5. The van der Waals surface area contributed by atoms with E-state index in [0.29, 0.717) is 37.1 Å². The summed E-state index contributed by atoms with van der Waals surface area (Å²) in [6.45, 7) is 0.458. The van der Waals surface area contributed by atoms with Crippen LogP contribution in [0.2, 0.25) is 0 Å². The average molecular weight is 342 g/mol. The van der Waals surface area contributed by atoms with Crippen LogP contribution in [0.25, 0.3) is 0 Å². The molecule has 0 radical (unpaired) electrons. The van der Waals surface area contributed by atoms with Gasteiger partial charge in [-0.2, -0.15) is 0 Å². The van der Waals surface area contributed by atoms with Crippen LogP contribution in [0, 0.1) is 5.92 Å². The molecule has 1 atom stereocenters. The zero-order chi connectivity index (χ0) is 17.8. The number of hydrogen-bond acceptors (Lipinski definition) is 4. The van der Waals surface area contributed by atoms with Crippen LogP contribution < -0.4 is 15.4 Å². The SMILES string of the molecule is COc1ccc(CCNC(=O)[C@H]2CC(=O)NC3=C2C(=O)CCC3)cc1. The fourth-order valence-electron chi connectivity index (χ4n) is 3.37. The lowest BCUT2D eigenvalue weighted by atomic mass is 9.81. The lowest BCUT2D eigenvalue weighted by molar-refractivity contribution is -0.131. The van der Waals surface area contributed by atoms with Crippen LogP contribution in [-0.2, 0) is 20.8 Å². The van der Waals surface area contributed by atoms with Gasteiger partial charge >= 0.3 is 0 Å². The molecule has 0 spiro atoms. The van der Waals surface area contributed by atoms with Crippen molar-refractivity contribution < 1.29 is 19.1 Å². The summed E-state index contributed by atoms with van der Waals surface area (Å²) in [6, 6.07) is 7.65. The van der Waals surface area contributed by atoms with Gasteiger partial charge in [-0.3, -0.25) is 14.4 Å². The van der Waals surface area contributed by atoms with Gasteiger partial charge in [0.2, 0.25) is 11.8 Å². The number of hydrogen-bond donors (Lipinski definition) is 2. The van der Waals surface area contributed by atoms with Crippen molar-refractivity contribution in [2.45, 2.75) is 32.1 Å². The minimum atomic E-state index is -0.660. The maximum Gasteiger partial charge on any atom is 0.228 e. The van der Waals surface area contributed by atoms with E-state index in [-0.39, 0.29) is 24.0 Å². The molecule has 1 aliphatic carbocycles. The number of ketones is 1. The van der Waals surface area contributed by atoms with Gasteiger partial charge in [0.1, 0.15) is 5.75 Å². The second-order valence-corrected chi connectivity index (χ2v) is 6.36. The predicted octanol–water partition coefficient (Wildman–Crippen LogP) is 1.50. The number of Topliss-reactive ketones (excluding diaryl/α,β-unsaturated/α-hetero) is 1. The molecular weight excluding hydrogens is 320 g/mol. The highest BCUT2D eigenvalue weighted by Gasteiger charge is 2.37. The quantitative estimate of drug-likeness (QED) is 0.849. The molecule has 0 saturated carbocycles. The Morgan fingerprint density at radius 2 is 2.00 bits per heavy atom. The first-order chi connectivity index (χ1) is 12.1. The van der Waals surface area contributed by atoms with E-state index in [9.17, 15) is 14.4 Å². The van der Waals surface area contributed by atoms with Gasteiger partial charge in [-0.15, -0.1) is 0 Å². The number of benzene rings is 1. The van der Waals surface area contributed by atoms with E-state index < -0.39 is 5.92 Å². The molecule has 1 aromatic rings. The van der Waals surface area contributed by atoms with Crippen molar-refractivity contribution in [1.82, 2.24) is 10.6 Å². The van der Waals surface area contributed by atoms with Gasteiger partial charge in [-0.1, -0.05) is 12.1 Å². The average Bonchev–Trinajstić information content (AvgIpc) is 2.61. The minimum Gasteiger partial charge on any atom is -0.497 e. The van der Waals surface area contributed by atoms with Crippen molar-refractivity contribution in [2.75, 3.05) is 13.7 Å². The predicted molar refractivity (Wildman–Crippen MR) is 91.8 cm³/mol. The summed E-state index contributed by atoms with van der Waals surface area (Å²) >= 11 is 0. The number of carbonyl (C=O) groups excluding carboxylic acids is 3. The number of amides is 2. The van der Waals surface area contributed by atoms with E-state index in [2.05, 4.69) is 10.6 Å². The Bertz CT molecular complexity index is 721. The summed E-state index contributed by atoms with van der Waals surface area (Å²) < 4.78 is 5.12. The monoisotopic (exact) mass is 342 g/mol. The Hall–Kier alpha value is -2.63. The molecule has 0 aromatic heterocycles. The van der Waals surface area contributed by atoms with Crippen LogP contribution in [-0.4, -0.2) is 31.3 Å². The Morgan fingerprint density at radius 3 is 2.72 bits per heavy atom. The number of ether oxygens (including phenoxy) is 1. The standard InChI is InChI=1S/C19H22N2O4/c1-25-13-7-5-12(6-8-13)9-10-20-19(24)14-11-17(23)21-15-3-2-4-16(22)18(14)15/h5-8,14H,2-4,9-11H2,1H3,(H,20,24)(H,21,23)/t14-/m0/s1. The Kier molecular flexibility index (Phi) is 5.16. The summed E-state index contributed by atoms with van der Waals surface area (Å²) in [7, 11) is 1.62. The van der Waals surface area contributed by atoms with E-state index in [4.69, 9.17) is 4.74 Å². The molecule has 1 heterocycles. The summed E-state index contributed by atoms with van der Waals surface area (Å²) in [5.41, 5.74) is 2.23. The third kappa shape index (κ3) is 3.90. The van der Waals surface area contributed by atoms with Crippen LogP contribution in [0.1, 0.15) is 31.2 Å². The van der Waals surface area contributed by atoms with E-state index >= 15 is 0 Å². The summed E-state index contributed by atoms with van der Waals surface area (Å²) in [5.74, 6) is -0.324. The number of carbonyl (C=O) groups is 3. The molecule has 1 aliphatic heterocycles. The fourth-order valence-corrected chi connectivity index (χ4v) is 3.37. The second-order valence-electron chi connectivity index (χ2n) is 6.36. The highest BCUT2D eigenvalue weighted by atomic mass is 16.5. The fraction of sp³-hybridized carbons (Fsp3) is 0.421. The second kappa shape index (κ2) is 7.51. The van der Waals surface area contributed by atoms with Gasteiger partial charge in [0, 0.05) is 30.7 Å². The van der Waals surface area contributed by atoms with Gasteiger partial charge in [0.25, 0.3) is 0 Å². The third-order valence-corrected chi connectivity index (χ3v) is 4.67. The lowest BCUT2D eigenvalue weighted by Gasteiger charge is -2.30. The molecule has 25 heavy (non-hydrogen) atoms.